The van der Waals surface area contributed by atoms with Gasteiger partial charge in [-0.05, 0) is 24.7 Å². The first-order chi connectivity index (χ1) is 6.89. The number of carbonyl (C=O) groups is 1. The second-order valence-corrected chi connectivity index (χ2v) is 6.37. The molecule has 86 valence electrons. The van der Waals surface area contributed by atoms with Gasteiger partial charge in [-0.1, -0.05) is 27.7 Å². The minimum absolute atomic E-state index is 0.118. The SMILES string of the molecule is CC(C)NCC12CC(C(=O)C(C)C)(C1)C2. The molecule has 0 aromatic heterocycles. The lowest BCUT2D eigenvalue weighted by Crippen LogP contribution is -2.69. The summed E-state index contributed by atoms with van der Waals surface area (Å²) in [6, 6.07) is 0.566. The van der Waals surface area contributed by atoms with E-state index in [2.05, 4.69) is 19.2 Å². The van der Waals surface area contributed by atoms with E-state index in [1.165, 1.54) is 0 Å². The Kier molecular flexibility index (Phi) is 2.45. The van der Waals surface area contributed by atoms with E-state index in [1.807, 2.05) is 13.8 Å². The highest BCUT2D eigenvalue weighted by Crippen LogP contribution is 2.73. The molecule has 0 amide bonds. The van der Waals surface area contributed by atoms with Crippen molar-refractivity contribution in [3.63, 3.8) is 0 Å². The molecular formula is C13H23NO. The highest BCUT2D eigenvalue weighted by molar-refractivity contribution is 5.89. The molecule has 3 rings (SSSR count). The summed E-state index contributed by atoms with van der Waals surface area (Å²) in [6.45, 7) is 9.53. The second-order valence-electron chi connectivity index (χ2n) is 6.37. The fourth-order valence-corrected chi connectivity index (χ4v) is 3.48. The molecule has 3 aliphatic rings. The van der Waals surface area contributed by atoms with E-state index in [1.54, 1.807) is 0 Å². The first-order valence-corrected chi connectivity index (χ1v) is 6.17. The number of carbonyl (C=O) groups excluding carboxylic acids is 1. The van der Waals surface area contributed by atoms with E-state index < -0.39 is 0 Å². The number of ketones is 1. The molecule has 3 fully saturated rings. The van der Waals surface area contributed by atoms with Crippen LogP contribution in [0, 0.1) is 16.7 Å². The highest BCUT2D eigenvalue weighted by Gasteiger charge is 2.70. The summed E-state index contributed by atoms with van der Waals surface area (Å²) in [7, 11) is 0. The fraction of sp³-hybridized carbons (Fsp3) is 0.923. The largest absolute Gasteiger partial charge is 0.314 e. The zero-order valence-electron chi connectivity index (χ0n) is 10.4. The van der Waals surface area contributed by atoms with Crippen molar-refractivity contribution in [1.29, 1.82) is 0 Å². The molecule has 0 radical (unpaired) electrons. The van der Waals surface area contributed by atoms with Gasteiger partial charge in [0.25, 0.3) is 0 Å². The lowest BCUT2D eigenvalue weighted by molar-refractivity contribution is -0.206. The Morgan fingerprint density at radius 3 is 2.13 bits per heavy atom. The van der Waals surface area contributed by atoms with Gasteiger partial charge in [0.05, 0.1) is 0 Å². The Morgan fingerprint density at radius 2 is 1.73 bits per heavy atom. The van der Waals surface area contributed by atoms with Gasteiger partial charge in [-0.25, -0.2) is 0 Å². The van der Waals surface area contributed by atoms with Gasteiger partial charge in [-0.3, -0.25) is 4.79 Å². The van der Waals surface area contributed by atoms with Gasteiger partial charge in [0.15, 0.2) is 0 Å². The second kappa shape index (κ2) is 3.31. The van der Waals surface area contributed by atoms with Crippen molar-refractivity contribution in [3.05, 3.63) is 0 Å². The number of hydrogen-bond donors (Lipinski definition) is 1. The van der Waals surface area contributed by atoms with Gasteiger partial charge in [-0.2, -0.15) is 0 Å². The van der Waals surface area contributed by atoms with Crippen molar-refractivity contribution >= 4 is 5.78 Å². The van der Waals surface area contributed by atoms with Gasteiger partial charge in [0.1, 0.15) is 5.78 Å². The molecule has 0 aromatic carbocycles. The van der Waals surface area contributed by atoms with Crippen molar-refractivity contribution in [2.45, 2.75) is 53.0 Å². The van der Waals surface area contributed by atoms with E-state index in [4.69, 9.17) is 0 Å². The van der Waals surface area contributed by atoms with Gasteiger partial charge < -0.3 is 5.32 Å². The Bertz CT molecular complexity index is 260. The quantitative estimate of drug-likeness (QED) is 0.753. The lowest BCUT2D eigenvalue weighted by Gasteiger charge is -2.70. The molecule has 3 saturated carbocycles. The van der Waals surface area contributed by atoms with Crippen LogP contribution < -0.4 is 5.32 Å². The summed E-state index contributed by atoms with van der Waals surface area (Å²) in [4.78, 5) is 11.9. The summed E-state index contributed by atoms with van der Waals surface area (Å²) in [5.74, 6) is 0.732. The summed E-state index contributed by atoms with van der Waals surface area (Å²) in [5, 5.41) is 3.50. The summed E-state index contributed by atoms with van der Waals surface area (Å²) >= 11 is 0. The monoisotopic (exact) mass is 209 g/mol. The molecule has 0 unspecified atom stereocenters. The molecule has 0 aliphatic heterocycles. The number of Topliss-reactive ketones (excluding diaryl/α,β-unsaturated/α-hetero) is 1. The van der Waals surface area contributed by atoms with Crippen LogP contribution in [-0.2, 0) is 4.79 Å². The van der Waals surface area contributed by atoms with Gasteiger partial charge in [-0.15, -0.1) is 0 Å². The van der Waals surface area contributed by atoms with Crippen molar-refractivity contribution in [1.82, 2.24) is 5.32 Å². The molecule has 0 heterocycles. The molecule has 3 aliphatic carbocycles. The van der Waals surface area contributed by atoms with Crippen LogP contribution >= 0.6 is 0 Å². The van der Waals surface area contributed by atoms with Crippen LogP contribution in [0.2, 0.25) is 0 Å². The van der Waals surface area contributed by atoms with E-state index in [0.717, 1.165) is 25.8 Å². The molecule has 0 saturated heterocycles. The maximum Gasteiger partial charge on any atom is 0.141 e. The van der Waals surface area contributed by atoms with Crippen LogP contribution in [-0.4, -0.2) is 18.4 Å². The normalized spacial score (nSPS) is 37.7. The zero-order chi connectivity index (χ0) is 11.3. The molecule has 15 heavy (non-hydrogen) atoms. The topological polar surface area (TPSA) is 29.1 Å². The molecule has 0 spiro atoms. The number of nitrogens with one attached hydrogen (secondary N) is 1. The minimum Gasteiger partial charge on any atom is -0.314 e. The van der Waals surface area contributed by atoms with Crippen LogP contribution in [0.25, 0.3) is 0 Å². The van der Waals surface area contributed by atoms with Gasteiger partial charge in [0.2, 0.25) is 0 Å². The minimum atomic E-state index is 0.118. The maximum atomic E-state index is 11.9. The lowest BCUT2D eigenvalue weighted by atomic mass is 9.33. The van der Waals surface area contributed by atoms with Crippen molar-refractivity contribution in [2.24, 2.45) is 16.7 Å². The number of rotatable bonds is 5. The molecule has 2 heteroatoms. The Morgan fingerprint density at radius 1 is 1.20 bits per heavy atom. The van der Waals surface area contributed by atoms with Crippen LogP contribution in [0.5, 0.6) is 0 Å². The van der Waals surface area contributed by atoms with E-state index in [0.29, 0.717) is 17.2 Å². The predicted octanol–water partition coefficient (Wildman–Crippen LogP) is 2.38. The van der Waals surface area contributed by atoms with Crippen molar-refractivity contribution in [2.75, 3.05) is 6.54 Å². The standard InChI is InChI=1S/C13H23NO/c1-9(2)11(15)13-5-12(6-13,7-13)8-14-10(3)4/h9-10,14H,5-8H2,1-4H3. The highest BCUT2D eigenvalue weighted by atomic mass is 16.1. The number of hydrogen-bond acceptors (Lipinski definition) is 2. The smallest absolute Gasteiger partial charge is 0.141 e. The average Bonchev–Trinajstić information content (AvgIpc) is 1.98. The van der Waals surface area contributed by atoms with E-state index in [9.17, 15) is 4.79 Å². The molecular weight excluding hydrogens is 186 g/mol. The summed E-state index contributed by atoms with van der Waals surface area (Å²) < 4.78 is 0. The Labute approximate surface area is 92.8 Å². The van der Waals surface area contributed by atoms with E-state index in [-0.39, 0.29) is 11.3 Å². The molecule has 2 bridgehead atoms. The third kappa shape index (κ3) is 1.63. The van der Waals surface area contributed by atoms with Crippen LogP contribution in [0.4, 0.5) is 0 Å². The van der Waals surface area contributed by atoms with Crippen LogP contribution in [0.3, 0.4) is 0 Å². The molecule has 0 atom stereocenters. The first kappa shape index (κ1) is 11.1. The van der Waals surface area contributed by atoms with E-state index >= 15 is 0 Å². The van der Waals surface area contributed by atoms with Crippen molar-refractivity contribution < 1.29 is 4.79 Å². The molecule has 0 aromatic rings. The van der Waals surface area contributed by atoms with Crippen LogP contribution in [0.1, 0.15) is 47.0 Å². The first-order valence-electron chi connectivity index (χ1n) is 6.17. The Balaban J connectivity index is 1.82. The van der Waals surface area contributed by atoms with Crippen molar-refractivity contribution in [3.8, 4) is 0 Å². The third-order valence-electron chi connectivity index (χ3n) is 4.07. The Hall–Kier alpha value is -0.370. The molecule has 1 N–H and O–H groups in total. The van der Waals surface area contributed by atoms with Gasteiger partial charge >= 0.3 is 0 Å². The van der Waals surface area contributed by atoms with Crippen LogP contribution in [0.15, 0.2) is 0 Å². The third-order valence-corrected chi connectivity index (χ3v) is 4.07. The average molecular weight is 209 g/mol. The summed E-state index contributed by atoms with van der Waals surface area (Å²) in [6.07, 6.45) is 3.45. The summed E-state index contributed by atoms with van der Waals surface area (Å²) in [5.41, 5.74) is 0.613. The van der Waals surface area contributed by atoms with Gasteiger partial charge in [0, 0.05) is 23.9 Å². The zero-order valence-corrected chi connectivity index (χ0v) is 10.4. The molecule has 2 nitrogen and oxygen atoms in total. The predicted molar refractivity (Wildman–Crippen MR) is 61.7 cm³/mol. The maximum absolute atomic E-state index is 11.9. The fourth-order valence-electron chi connectivity index (χ4n) is 3.48.